The lowest BCUT2D eigenvalue weighted by Gasteiger charge is -2.18. The van der Waals surface area contributed by atoms with Crippen molar-refractivity contribution in [2.75, 3.05) is 18.6 Å². The van der Waals surface area contributed by atoms with Crippen LogP contribution in [-0.2, 0) is 0 Å². The van der Waals surface area contributed by atoms with Crippen LogP contribution in [-0.4, -0.2) is 39.7 Å². The Morgan fingerprint density at radius 1 is 1.09 bits per heavy atom. The number of nitrogen functional groups attached to an aromatic ring is 2. The number of aliphatic hydroxyl groups excluding tert-OH is 2. The van der Waals surface area contributed by atoms with Crippen molar-refractivity contribution < 1.29 is 19.7 Å². The lowest BCUT2D eigenvalue weighted by molar-refractivity contribution is -0.0976. The van der Waals surface area contributed by atoms with Gasteiger partial charge in [-0.1, -0.05) is 12.1 Å². The molecule has 0 radical (unpaired) electrons. The van der Waals surface area contributed by atoms with E-state index in [4.69, 9.17) is 20.9 Å². The molecule has 1 heterocycles. The van der Waals surface area contributed by atoms with Gasteiger partial charge in [0.15, 0.2) is 0 Å². The Morgan fingerprint density at radius 2 is 1.73 bits per heavy atom. The molecule has 22 heavy (non-hydrogen) atoms. The molecular formula is C14H18N4O4. The molecule has 2 aromatic rings. The number of hydrogen-bond acceptors (Lipinski definition) is 8. The van der Waals surface area contributed by atoms with Crippen LogP contribution >= 0.6 is 0 Å². The zero-order chi connectivity index (χ0) is 16.3. The van der Waals surface area contributed by atoms with Crippen LogP contribution in [0.15, 0.2) is 24.3 Å². The molecule has 118 valence electrons. The summed E-state index contributed by atoms with van der Waals surface area (Å²) < 4.78 is 10.3. The Hall–Kier alpha value is -2.58. The van der Waals surface area contributed by atoms with E-state index in [1.165, 1.54) is 6.92 Å². The van der Waals surface area contributed by atoms with Gasteiger partial charge in [-0.05, 0) is 24.6 Å². The minimum atomic E-state index is -1.47. The molecule has 0 fully saturated rings. The Labute approximate surface area is 127 Å². The number of methoxy groups -OCH3 is 1. The van der Waals surface area contributed by atoms with E-state index in [1.54, 1.807) is 31.4 Å². The van der Waals surface area contributed by atoms with Gasteiger partial charge in [-0.2, -0.15) is 9.97 Å². The average Bonchev–Trinajstić information content (AvgIpc) is 2.47. The first-order chi connectivity index (χ1) is 10.4. The molecule has 0 bridgehead atoms. The van der Waals surface area contributed by atoms with E-state index >= 15 is 0 Å². The van der Waals surface area contributed by atoms with E-state index < -0.39 is 12.4 Å². The van der Waals surface area contributed by atoms with Crippen LogP contribution in [0.25, 0.3) is 11.1 Å². The molecule has 2 rings (SSSR count). The second-order valence-electron chi connectivity index (χ2n) is 4.62. The molecule has 0 spiro atoms. The third kappa shape index (κ3) is 3.35. The number of hydrogen-bond donors (Lipinski definition) is 4. The van der Waals surface area contributed by atoms with Crippen LogP contribution in [0.3, 0.4) is 0 Å². The molecule has 1 aromatic carbocycles. The molecule has 0 saturated heterocycles. The summed E-state index contributed by atoms with van der Waals surface area (Å²) in [6, 6.07) is 6.96. The third-order valence-corrected chi connectivity index (χ3v) is 2.94. The van der Waals surface area contributed by atoms with Crippen molar-refractivity contribution in [2.24, 2.45) is 0 Å². The van der Waals surface area contributed by atoms with Crippen LogP contribution < -0.4 is 20.9 Å². The lowest BCUT2D eigenvalue weighted by Crippen LogP contribution is -2.29. The number of benzene rings is 1. The molecule has 2 atom stereocenters. The van der Waals surface area contributed by atoms with Gasteiger partial charge in [0.1, 0.15) is 17.7 Å². The molecule has 1 aromatic heterocycles. The van der Waals surface area contributed by atoms with E-state index in [2.05, 4.69) is 9.97 Å². The first kappa shape index (κ1) is 15.8. The highest BCUT2D eigenvalue weighted by Gasteiger charge is 2.20. The standard InChI is InChI=1S/C14H18N4O4/c1-7(19)13(20)22-12-10(11(15)17-14(16)18-12)8-3-5-9(21-2)6-4-8/h3-7,13,19-20H,1-2H3,(H4,15,16,17,18)/t7?,13-/m0/s1. The monoisotopic (exact) mass is 306 g/mol. The fourth-order valence-corrected chi connectivity index (χ4v) is 1.80. The highest BCUT2D eigenvalue weighted by molar-refractivity contribution is 5.79. The molecule has 6 N–H and O–H groups in total. The largest absolute Gasteiger partial charge is 0.497 e. The number of ether oxygens (including phenoxy) is 2. The van der Waals surface area contributed by atoms with E-state index in [-0.39, 0.29) is 17.6 Å². The number of nitrogens with two attached hydrogens (primary N) is 2. The Morgan fingerprint density at radius 3 is 2.27 bits per heavy atom. The first-order valence-electron chi connectivity index (χ1n) is 6.52. The zero-order valence-electron chi connectivity index (χ0n) is 12.2. The van der Waals surface area contributed by atoms with Crippen molar-refractivity contribution in [1.29, 1.82) is 0 Å². The number of nitrogens with zero attached hydrogens (tertiary/aromatic N) is 2. The van der Waals surface area contributed by atoms with Gasteiger partial charge in [-0.3, -0.25) is 0 Å². The van der Waals surface area contributed by atoms with Gasteiger partial charge in [0.2, 0.25) is 18.1 Å². The summed E-state index contributed by atoms with van der Waals surface area (Å²) in [4.78, 5) is 7.83. The van der Waals surface area contributed by atoms with Crippen LogP contribution in [0, 0.1) is 0 Å². The third-order valence-electron chi connectivity index (χ3n) is 2.94. The molecule has 0 aliphatic heterocycles. The summed E-state index contributed by atoms with van der Waals surface area (Å²) in [6.45, 7) is 1.38. The van der Waals surface area contributed by atoms with Crippen molar-refractivity contribution in [1.82, 2.24) is 9.97 Å². The molecule has 0 saturated carbocycles. The zero-order valence-corrected chi connectivity index (χ0v) is 12.2. The van der Waals surface area contributed by atoms with Crippen molar-refractivity contribution in [2.45, 2.75) is 19.3 Å². The molecular weight excluding hydrogens is 288 g/mol. The highest BCUT2D eigenvalue weighted by Crippen LogP contribution is 2.34. The summed E-state index contributed by atoms with van der Waals surface area (Å²) in [5.41, 5.74) is 12.5. The molecule has 1 unspecified atom stereocenters. The molecule has 8 heteroatoms. The van der Waals surface area contributed by atoms with Crippen molar-refractivity contribution in [3.63, 3.8) is 0 Å². The number of aromatic nitrogens is 2. The summed E-state index contributed by atoms with van der Waals surface area (Å²) >= 11 is 0. The van der Waals surface area contributed by atoms with E-state index in [0.717, 1.165) is 0 Å². The second-order valence-corrected chi connectivity index (χ2v) is 4.62. The maximum absolute atomic E-state index is 9.68. The minimum absolute atomic E-state index is 0.0106. The average molecular weight is 306 g/mol. The van der Waals surface area contributed by atoms with Gasteiger partial charge in [0, 0.05) is 0 Å². The fourth-order valence-electron chi connectivity index (χ4n) is 1.80. The molecule has 8 nitrogen and oxygen atoms in total. The van der Waals surface area contributed by atoms with E-state index in [1.807, 2.05) is 0 Å². The predicted molar refractivity (Wildman–Crippen MR) is 81.2 cm³/mol. The quantitative estimate of drug-likeness (QED) is 0.582. The Bertz CT molecular complexity index is 646. The van der Waals surface area contributed by atoms with Gasteiger partial charge in [0.05, 0.1) is 12.7 Å². The molecule has 0 amide bonds. The van der Waals surface area contributed by atoms with Gasteiger partial charge in [-0.15, -0.1) is 0 Å². The topological polar surface area (TPSA) is 137 Å². The molecule has 0 aliphatic rings. The van der Waals surface area contributed by atoms with Crippen molar-refractivity contribution in [3.05, 3.63) is 24.3 Å². The Balaban J connectivity index is 2.48. The number of aliphatic hydroxyl groups is 2. The number of rotatable bonds is 5. The minimum Gasteiger partial charge on any atom is -0.497 e. The van der Waals surface area contributed by atoms with Crippen LogP contribution in [0.4, 0.5) is 11.8 Å². The maximum Gasteiger partial charge on any atom is 0.230 e. The smallest absolute Gasteiger partial charge is 0.230 e. The number of anilines is 2. The van der Waals surface area contributed by atoms with Crippen LogP contribution in [0.2, 0.25) is 0 Å². The van der Waals surface area contributed by atoms with Gasteiger partial charge < -0.3 is 31.2 Å². The SMILES string of the molecule is COc1ccc(-c2c(N)nc(N)nc2O[C@H](O)C(C)O)cc1. The van der Waals surface area contributed by atoms with Gasteiger partial charge in [-0.25, -0.2) is 0 Å². The fraction of sp³-hybridized carbons (Fsp3) is 0.286. The summed E-state index contributed by atoms with van der Waals surface area (Å²) in [6.07, 6.45) is -2.58. The summed E-state index contributed by atoms with van der Waals surface area (Å²) in [5.74, 6) is 0.668. The van der Waals surface area contributed by atoms with Crippen molar-refractivity contribution >= 4 is 11.8 Å². The maximum atomic E-state index is 9.68. The van der Waals surface area contributed by atoms with Crippen LogP contribution in [0.5, 0.6) is 11.6 Å². The van der Waals surface area contributed by atoms with Gasteiger partial charge in [0.25, 0.3) is 0 Å². The Kier molecular flexibility index (Phi) is 4.64. The normalized spacial score (nSPS) is 13.5. The second kappa shape index (κ2) is 6.46. The van der Waals surface area contributed by atoms with Gasteiger partial charge >= 0.3 is 0 Å². The van der Waals surface area contributed by atoms with E-state index in [0.29, 0.717) is 16.9 Å². The predicted octanol–water partition coefficient (Wildman–Crippen LogP) is 0.395. The lowest BCUT2D eigenvalue weighted by atomic mass is 10.1. The highest BCUT2D eigenvalue weighted by atomic mass is 16.6. The summed E-state index contributed by atoms with van der Waals surface area (Å²) in [7, 11) is 1.56. The summed E-state index contributed by atoms with van der Waals surface area (Å²) in [5, 5.41) is 19.0. The van der Waals surface area contributed by atoms with E-state index in [9.17, 15) is 10.2 Å². The molecule has 0 aliphatic carbocycles. The van der Waals surface area contributed by atoms with Crippen LogP contribution in [0.1, 0.15) is 6.92 Å². The van der Waals surface area contributed by atoms with Crippen molar-refractivity contribution in [3.8, 4) is 22.8 Å². The first-order valence-corrected chi connectivity index (χ1v) is 6.52.